The number of anilines is 1. The maximum absolute atomic E-state index is 14.1. The Labute approximate surface area is 192 Å². The van der Waals surface area contributed by atoms with Crippen molar-refractivity contribution < 1.29 is 14.3 Å². The Kier molecular flexibility index (Phi) is 6.72. The van der Waals surface area contributed by atoms with Gasteiger partial charge in [0.1, 0.15) is 11.7 Å². The summed E-state index contributed by atoms with van der Waals surface area (Å²) < 4.78 is 14.1. The van der Waals surface area contributed by atoms with Crippen LogP contribution in [0, 0.1) is 11.7 Å². The standard InChI is InChI=1S/C25H28FN5O2/c1-3-30(19-10-5-4-6-11-19)14-13-27-24(32)21-16-28-31-23(21)29-17(2)20(25(31)33)15-18-9-7-8-12-22(18)26/h4-12,16,21,23,33H,3,13-15H2,1-2H3,(H,27,32). The molecule has 2 aliphatic heterocycles. The summed E-state index contributed by atoms with van der Waals surface area (Å²) in [5, 5.41) is 19.4. The number of halogens is 1. The Hall–Kier alpha value is -3.68. The van der Waals surface area contributed by atoms with Gasteiger partial charge in [0, 0.05) is 49.2 Å². The number of fused-ring (bicyclic) bond motifs is 1. The molecule has 1 amide bonds. The van der Waals surface area contributed by atoms with E-state index in [1.54, 1.807) is 25.1 Å². The molecular formula is C25H28FN5O2. The molecule has 2 unspecified atom stereocenters. The average molecular weight is 450 g/mol. The van der Waals surface area contributed by atoms with Crippen LogP contribution in [-0.2, 0) is 11.2 Å². The van der Waals surface area contributed by atoms with Gasteiger partial charge in [0.25, 0.3) is 0 Å². The van der Waals surface area contributed by atoms with E-state index in [2.05, 4.69) is 27.2 Å². The van der Waals surface area contributed by atoms with Crippen molar-refractivity contribution in [1.82, 2.24) is 10.3 Å². The summed E-state index contributed by atoms with van der Waals surface area (Å²) in [6, 6.07) is 16.5. The minimum atomic E-state index is -0.647. The highest BCUT2D eigenvalue weighted by Gasteiger charge is 2.41. The maximum atomic E-state index is 14.1. The van der Waals surface area contributed by atoms with Gasteiger partial charge in [-0.15, -0.1) is 0 Å². The van der Waals surface area contributed by atoms with Crippen molar-refractivity contribution in [3.05, 3.63) is 77.4 Å². The number of likely N-dealkylation sites (N-methyl/N-ethyl adjacent to an activating group) is 1. The van der Waals surface area contributed by atoms with E-state index in [1.807, 2.05) is 30.3 Å². The largest absolute Gasteiger partial charge is 0.493 e. The first-order valence-electron chi connectivity index (χ1n) is 11.1. The molecule has 2 aromatic carbocycles. The van der Waals surface area contributed by atoms with Gasteiger partial charge in [-0.3, -0.25) is 9.79 Å². The van der Waals surface area contributed by atoms with Crippen LogP contribution in [-0.4, -0.2) is 53.7 Å². The van der Waals surface area contributed by atoms with Crippen molar-refractivity contribution in [3.63, 3.8) is 0 Å². The van der Waals surface area contributed by atoms with Crippen molar-refractivity contribution in [3.8, 4) is 0 Å². The summed E-state index contributed by atoms with van der Waals surface area (Å²) in [5.74, 6) is -1.25. The van der Waals surface area contributed by atoms with Gasteiger partial charge in [0.15, 0.2) is 6.17 Å². The highest BCUT2D eigenvalue weighted by Crippen LogP contribution is 2.31. The van der Waals surface area contributed by atoms with Gasteiger partial charge >= 0.3 is 0 Å². The van der Waals surface area contributed by atoms with Crippen molar-refractivity contribution in [2.24, 2.45) is 16.0 Å². The summed E-state index contributed by atoms with van der Waals surface area (Å²) in [7, 11) is 0. The molecule has 2 atom stereocenters. The van der Waals surface area contributed by atoms with E-state index in [9.17, 15) is 14.3 Å². The van der Waals surface area contributed by atoms with Gasteiger partial charge in [0.05, 0.1) is 0 Å². The number of aliphatic hydroxyl groups excluding tert-OH is 1. The molecule has 0 fully saturated rings. The summed E-state index contributed by atoms with van der Waals surface area (Å²) >= 11 is 0. The number of nitrogens with zero attached hydrogens (tertiary/aromatic N) is 4. The third-order valence-corrected chi connectivity index (χ3v) is 5.98. The Morgan fingerprint density at radius 1 is 1.18 bits per heavy atom. The molecule has 7 nitrogen and oxygen atoms in total. The maximum Gasteiger partial charge on any atom is 0.232 e. The molecule has 2 heterocycles. The van der Waals surface area contributed by atoms with Crippen LogP contribution in [0.5, 0.6) is 0 Å². The molecular weight excluding hydrogens is 421 g/mol. The molecule has 0 aliphatic carbocycles. The molecule has 0 aromatic heterocycles. The minimum absolute atomic E-state index is 0.0939. The number of nitrogens with one attached hydrogen (secondary N) is 1. The predicted molar refractivity (Wildman–Crippen MR) is 128 cm³/mol. The van der Waals surface area contributed by atoms with E-state index in [4.69, 9.17) is 0 Å². The average Bonchev–Trinajstić information content (AvgIpc) is 3.25. The number of allylic oxidation sites excluding steroid dienone is 1. The summed E-state index contributed by atoms with van der Waals surface area (Å²) in [5.41, 5.74) is 2.63. The van der Waals surface area contributed by atoms with Gasteiger partial charge < -0.3 is 15.3 Å². The first-order valence-corrected chi connectivity index (χ1v) is 11.1. The van der Waals surface area contributed by atoms with Crippen LogP contribution in [0.25, 0.3) is 0 Å². The number of aliphatic imine (C=N–C) groups is 1. The monoisotopic (exact) mass is 449 g/mol. The molecule has 0 radical (unpaired) electrons. The Balaban J connectivity index is 1.39. The number of carbonyl (C=O) groups excluding carboxylic acids is 1. The highest BCUT2D eigenvalue weighted by molar-refractivity contribution is 6.01. The molecule has 0 saturated heterocycles. The summed E-state index contributed by atoms with van der Waals surface area (Å²) in [6.07, 6.45) is 1.05. The Morgan fingerprint density at radius 3 is 2.64 bits per heavy atom. The van der Waals surface area contributed by atoms with Gasteiger partial charge in [-0.1, -0.05) is 36.4 Å². The topological polar surface area (TPSA) is 80.5 Å². The second-order valence-corrected chi connectivity index (χ2v) is 8.04. The lowest BCUT2D eigenvalue weighted by Crippen LogP contribution is -2.44. The lowest BCUT2D eigenvalue weighted by molar-refractivity contribution is -0.124. The van der Waals surface area contributed by atoms with E-state index >= 15 is 0 Å². The van der Waals surface area contributed by atoms with Gasteiger partial charge in [-0.2, -0.15) is 5.10 Å². The zero-order chi connectivity index (χ0) is 23.4. The number of rotatable bonds is 8. The van der Waals surface area contributed by atoms with Gasteiger partial charge in [0.2, 0.25) is 11.8 Å². The van der Waals surface area contributed by atoms with E-state index in [-0.39, 0.29) is 24.0 Å². The second-order valence-electron chi connectivity index (χ2n) is 8.04. The van der Waals surface area contributed by atoms with Crippen LogP contribution < -0.4 is 10.2 Å². The number of amides is 1. The molecule has 4 rings (SSSR count). The van der Waals surface area contributed by atoms with E-state index in [0.717, 1.165) is 12.2 Å². The summed E-state index contributed by atoms with van der Waals surface area (Å²) in [4.78, 5) is 19.7. The fourth-order valence-electron chi connectivity index (χ4n) is 4.12. The third-order valence-electron chi connectivity index (χ3n) is 5.98. The predicted octanol–water partition coefficient (Wildman–Crippen LogP) is 3.50. The number of hydrogen-bond donors (Lipinski definition) is 2. The van der Waals surface area contributed by atoms with Crippen molar-refractivity contribution in [1.29, 1.82) is 0 Å². The van der Waals surface area contributed by atoms with Crippen molar-refractivity contribution in [2.45, 2.75) is 26.4 Å². The molecule has 33 heavy (non-hydrogen) atoms. The number of aliphatic hydroxyl groups is 1. The first kappa shape index (κ1) is 22.5. The normalized spacial score (nSPS) is 19.4. The molecule has 172 valence electrons. The van der Waals surface area contributed by atoms with Crippen molar-refractivity contribution >= 4 is 23.5 Å². The molecule has 0 bridgehead atoms. The fourth-order valence-corrected chi connectivity index (χ4v) is 4.12. The number of carbonyl (C=O) groups is 1. The molecule has 2 N–H and O–H groups in total. The first-order chi connectivity index (χ1) is 16.0. The number of benzene rings is 2. The number of hydrogen-bond acceptors (Lipinski definition) is 6. The minimum Gasteiger partial charge on any atom is -0.493 e. The molecule has 2 aromatic rings. The lowest BCUT2D eigenvalue weighted by atomic mass is 9.98. The summed E-state index contributed by atoms with van der Waals surface area (Å²) in [6.45, 7) is 5.81. The fraction of sp³-hybridized carbons (Fsp3) is 0.320. The number of para-hydroxylation sites is 1. The molecule has 8 heteroatoms. The van der Waals surface area contributed by atoms with Crippen LogP contribution in [0.3, 0.4) is 0 Å². The zero-order valence-electron chi connectivity index (χ0n) is 18.8. The number of hydrazone groups is 1. The van der Waals surface area contributed by atoms with E-state index in [0.29, 0.717) is 29.9 Å². The van der Waals surface area contributed by atoms with Crippen LogP contribution in [0.1, 0.15) is 19.4 Å². The zero-order valence-corrected chi connectivity index (χ0v) is 18.8. The Morgan fingerprint density at radius 2 is 1.91 bits per heavy atom. The smallest absolute Gasteiger partial charge is 0.232 e. The van der Waals surface area contributed by atoms with Crippen molar-refractivity contribution in [2.75, 3.05) is 24.5 Å². The second kappa shape index (κ2) is 9.85. The van der Waals surface area contributed by atoms with Crippen LogP contribution in [0.15, 0.2) is 76.1 Å². The Bertz CT molecular complexity index is 1100. The van der Waals surface area contributed by atoms with Gasteiger partial charge in [-0.05, 0) is 37.6 Å². The van der Waals surface area contributed by atoms with Crippen LogP contribution in [0.2, 0.25) is 0 Å². The quantitative estimate of drug-likeness (QED) is 0.647. The van der Waals surface area contributed by atoms with Gasteiger partial charge in [-0.25, -0.2) is 9.40 Å². The SMILES string of the molecule is CCN(CCNC(=O)C1C=NN2C(O)=C(Cc3ccccc3F)C(C)=NC12)c1ccccc1. The van der Waals surface area contributed by atoms with Crippen LogP contribution in [0.4, 0.5) is 10.1 Å². The molecule has 0 saturated carbocycles. The lowest BCUT2D eigenvalue weighted by Gasteiger charge is -2.30. The van der Waals surface area contributed by atoms with Crippen LogP contribution >= 0.6 is 0 Å². The molecule has 0 spiro atoms. The van der Waals surface area contributed by atoms with E-state index < -0.39 is 12.1 Å². The third kappa shape index (κ3) is 4.74. The molecule has 2 aliphatic rings. The van der Waals surface area contributed by atoms with E-state index in [1.165, 1.54) is 17.3 Å². The highest BCUT2D eigenvalue weighted by atomic mass is 19.1.